The minimum absolute atomic E-state index is 0.0472. The number of piperidine rings is 1. The summed E-state index contributed by atoms with van der Waals surface area (Å²) in [6.45, 7) is 3.63. The van der Waals surface area contributed by atoms with Crippen molar-refractivity contribution < 1.29 is 29.0 Å². The molecular formula is C33H31N3O6. The molecule has 0 amide bonds. The first kappa shape index (κ1) is 26.4. The summed E-state index contributed by atoms with van der Waals surface area (Å²) in [6, 6.07) is 12.8. The third-order valence-electron chi connectivity index (χ3n) is 8.70. The molecule has 214 valence electrons. The number of carboxylic acids is 1. The van der Waals surface area contributed by atoms with Gasteiger partial charge in [0.15, 0.2) is 11.6 Å². The quantitative estimate of drug-likeness (QED) is 0.228. The Morgan fingerprint density at radius 2 is 1.88 bits per heavy atom. The van der Waals surface area contributed by atoms with Crippen LogP contribution in [0.2, 0.25) is 0 Å². The summed E-state index contributed by atoms with van der Waals surface area (Å²) >= 11 is 0. The smallest absolute Gasteiger partial charge is 0.337 e. The maximum Gasteiger partial charge on any atom is 0.337 e. The molecule has 0 unspecified atom stereocenters. The van der Waals surface area contributed by atoms with Gasteiger partial charge in [0.25, 0.3) is 0 Å². The van der Waals surface area contributed by atoms with E-state index >= 15 is 0 Å². The third-order valence-corrected chi connectivity index (χ3v) is 8.70. The number of fused-ring (bicyclic) bond motifs is 2. The van der Waals surface area contributed by atoms with Gasteiger partial charge in [-0.3, -0.25) is 14.6 Å². The molecule has 9 nitrogen and oxygen atoms in total. The Hall–Kier alpha value is -4.50. The van der Waals surface area contributed by atoms with E-state index in [-0.39, 0.29) is 17.1 Å². The van der Waals surface area contributed by atoms with Crippen LogP contribution < -0.4 is 14.8 Å². The predicted molar refractivity (Wildman–Crippen MR) is 156 cm³/mol. The summed E-state index contributed by atoms with van der Waals surface area (Å²) < 4.78 is 14.8. The lowest BCUT2D eigenvalue weighted by atomic mass is 9.70. The van der Waals surface area contributed by atoms with Crippen molar-refractivity contribution in [3.8, 4) is 22.6 Å². The molecule has 0 radical (unpaired) electrons. The first-order chi connectivity index (χ1) is 20.4. The summed E-state index contributed by atoms with van der Waals surface area (Å²) in [5.41, 5.74) is 1.93. The number of Topliss-reactive ketones (excluding diaryl/α,β-unsaturated/α-hetero) is 2. The molecule has 1 saturated carbocycles. The van der Waals surface area contributed by atoms with E-state index in [4.69, 9.17) is 9.47 Å². The zero-order valence-corrected chi connectivity index (χ0v) is 23.3. The van der Waals surface area contributed by atoms with Crippen LogP contribution >= 0.6 is 0 Å². The van der Waals surface area contributed by atoms with Gasteiger partial charge in [-0.2, -0.15) is 0 Å². The fourth-order valence-corrected chi connectivity index (χ4v) is 6.46. The molecule has 1 atom stereocenters. The summed E-state index contributed by atoms with van der Waals surface area (Å²) in [5.74, 6) is -1.62. The average molecular weight is 566 g/mol. The van der Waals surface area contributed by atoms with Crippen molar-refractivity contribution in [1.82, 2.24) is 14.9 Å². The van der Waals surface area contributed by atoms with Crippen molar-refractivity contribution >= 4 is 28.4 Å². The molecule has 9 heteroatoms. The SMILES string of the molecule is CCOc1cc(C(=O)[C@@H]2C(=O)c3cc(-c4cncc(C(=O)O)c4)ccc3OC23CCNCC3)cc2c1ccn2C1CC1. The zero-order chi connectivity index (χ0) is 29.0. The molecule has 7 rings (SSSR count). The second-order valence-electron chi connectivity index (χ2n) is 11.4. The largest absolute Gasteiger partial charge is 0.493 e. The minimum Gasteiger partial charge on any atom is -0.493 e. The highest BCUT2D eigenvalue weighted by atomic mass is 16.5. The van der Waals surface area contributed by atoms with Gasteiger partial charge in [0, 0.05) is 54.0 Å². The lowest BCUT2D eigenvalue weighted by Crippen LogP contribution is -2.58. The van der Waals surface area contributed by atoms with Crippen LogP contribution in [-0.4, -0.2) is 57.5 Å². The van der Waals surface area contributed by atoms with Gasteiger partial charge >= 0.3 is 5.97 Å². The minimum atomic E-state index is -1.09. The maximum atomic E-state index is 14.5. The standard InChI is InChI=1S/C33H31N3O6/c1-2-41-28-16-20(15-26-24(28)7-12-36(26)23-4-5-23)30(37)29-31(38)25-14-19(21-13-22(32(39)40)18-35-17-21)3-6-27(25)42-33(29)8-10-34-11-9-33/h3,6-7,12-18,23,29,34H,2,4-5,8-11H2,1H3,(H,39,40)/t29-/m1/s1. The Bertz CT molecular complexity index is 1750. The number of aromatic carboxylic acids is 1. The number of carboxylic acid groups (broad SMARTS) is 1. The monoisotopic (exact) mass is 565 g/mol. The molecule has 0 bridgehead atoms. The lowest BCUT2D eigenvalue weighted by Gasteiger charge is -2.45. The molecule has 4 heterocycles. The van der Waals surface area contributed by atoms with Gasteiger partial charge in [-0.05, 0) is 74.8 Å². The second kappa shape index (κ2) is 10.1. The van der Waals surface area contributed by atoms with Crippen LogP contribution in [0.5, 0.6) is 11.5 Å². The molecule has 2 aromatic carbocycles. The van der Waals surface area contributed by atoms with Crippen LogP contribution in [0.1, 0.15) is 69.7 Å². The topological polar surface area (TPSA) is 120 Å². The van der Waals surface area contributed by atoms with Gasteiger partial charge in [0.1, 0.15) is 23.0 Å². The van der Waals surface area contributed by atoms with Crippen LogP contribution in [0.4, 0.5) is 0 Å². The molecule has 42 heavy (non-hydrogen) atoms. The Morgan fingerprint density at radius 1 is 1.07 bits per heavy atom. The Kier molecular flexibility index (Phi) is 6.35. The van der Waals surface area contributed by atoms with Crippen molar-refractivity contribution in [2.45, 2.75) is 44.2 Å². The van der Waals surface area contributed by atoms with Gasteiger partial charge in [-0.25, -0.2) is 4.79 Å². The van der Waals surface area contributed by atoms with E-state index < -0.39 is 17.5 Å². The van der Waals surface area contributed by atoms with Crippen molar-refractivity contribution in [3.05, 3.63) is 77.7 Å². The fourth-order valence-electron chi connectivity index (χ4n) is 6.46. The molecule has 1 aliphatic carbocycles. The number of hydrogen-bond acceptors (Lipinski definition) is 7. The van der Waals surface area contributed by atoms with E-state index in [1.54, 1.807) is 30.5 Å². The average Bonchev–Trinajstić information content (AvgIpc) is 3.75. The summed E-state index contributed by atoms with van der Waals surface area (Å²) in [4.78, 5) is 44.5. The number of carbonyl (C=O) groups is 3. The van der Waals surface area contributed by atoms with E-state index in [0.29, 0.717) is 72.3 Å². The van der Waals surface area contributed by atoms with Gasteiger partial charge < -0.3 is 24.5 Å². The first-order valence-corrected chi connectivity index (χ1v) is 14.5. The summed E-state index contributed by atoms with van der Waals surface area (Å²) in [7, 11) is 0. The number of nitrogens with one attached hydrogen (secondary N) is 1. The van der Waals surface area contributed by atoms with Crippen molar-refractivity contribution in [2.75, 3.05) is 19.7 Å². The lowest BCUT2D eigenvalue weighted by molar-refractivity contribution is -0.0138. The highest BCUT2D eigenvalue weighted by molar-refractivity contribution is 6.19. The predicted octanol–water partition coefficient (Wildman–Crippen LogP) is 5.33. The fraction of sp³-hybridized carbons (Fsp3) is 0.333. The first-order valence-electron chi connectivity index (χ1n) is 14.5. The molecule has 2 aromatic heterocycles. The van der Waals surface area contributed by atoms with E-state index in [1.807, 2.05) is 25.3 Å². The molecule has 4 aromatic rings. The number of aromatic nitrogens is 2. The van der Waals surface area contributed by atoms with Gasteiger partial charge in [0.05, 0.1) is 23.3 Å². The van der Waals surface area contributed by atoms with Crippen LogP contribution in [0.25, 0.3) is 22.0 Å². The molecule has 2 aliphatic heterocycles. The molecule has 3 aliphatic rings. The van der Waals surface area contributed by atoms with E-state index in [0.717, 1.165) is 23.7 Å². The highest BCUT2D eigenvalue weighted by Crippen LogP contribution is 2.46. The van der Waals surface area contributed by atoms with Crippen molar-refractivity contribution in [2.24, 2.45) is 5.92 Å². The summed E-state index contributed by atoms with van der Waals surface area (Å²) in [5, 5.41) is 13.7. The number of benzene rings is 2. The molecular weight excluding hydrogens is 534 g/mol. The molecule has 1 spiro atoms. The second-order valence-corrected chi connectivity index (χ2v) is 11.4. The molecule has 2 fully saturated rings. The number of ketones is 2. The van der Waals surface area contributed by atoms with Gasteiger partial charge in [-0.1, -0.05) is 6.07 Å². The normalized spacial score (nSPS) is 19.4. The van der Waals surface area contributed by atoms with Crippen LogP contribution in [0.3, 0.4) is 0 Å². The molecule has 2 N–H and O–H groups in total. The van der Waals surface area contributed by atoms with Gasteiger partial charge in [0.2, 0.25) is 0 Å². The van der Waals surface area contributed by atoms with Crippen LogP contribution in [-0.2, 0) is 0 Å². The highest BCUT2D eigenvalue weighted by Gasteiger charge is 2.54. The van der Waals surface area contributed by atoms with Crippen LogP contribution in [0, 0.1) is 5.92 Å². The summed E-state index contributed by atoms with van der Waals surface area (Å²) in [6.07, 6.45) is 8.11. The third kappa shape index (κ3) is 4.36. The number of ether oxygens (including phenoxy) is 2. The van der Waals surface area contributed by atoms with E-state index in [9.17, 15) is 19.5 Å². The van der Waals surface area contributed by atoms with Gasteiger partial charge in [-0.15, -0.1) is 0 Å². The zero-order valence-electron chi connectivity index (χ0n) is 23.3. The number of rotatable bonds is 7. The molecule has 1 saturated heterocycles. The number of carbonyl (C=O) groups excluding carboxylic acids is 2. The number of hydrogen-bond donors (Lipinski definition) is 2. The Morgan fingerprint density at radius 3 is 2.62 bits per heavy atom. The van der Waals surface area contributed by atoms with Crippen LogP contribution in [0.15, 0.2) is 61.1 Å². The van der Waals surface area contributed by atoms with E-state index in [2.05, 4.69) is 14.9 Å². The van der Waals surface area contributed by atoms with E-state index in [1.165, 1.54) is 12.3 Å². The van der Waals surface area contributed by atoms with Crippen molar-refractivity contribution in [3.63, 3.8) is 0 Å². The number of nitrogens with zero attached hydrogens (tertiary/aromatic N) is 2. The van der Waals surface area contributed by atoms with Crippen molar-refractivity contribution in [1.29, 1.82) is 0 Å². The Balaban J connectivity index is 1.33. The Labute approximate surface area is 242 Å². The number of pyridine rings is 1. The maximum absolute atomic E-state index is 14.5.